The summed E-state index contributed by atoms with van der Waals surface area (Å²) in [6, 6.07) is -0.274. The SMILES string of the molecule is C=CCOC(=O)N1CC=C(C(=O)CCl)[C@@H]1C. The van der Waals surface area contributed by atoms with Gasteiger partial charge in [0, 0.05) is 12.1 Å². The van der Waals surface area contributed by atoms with Gasteiger partial charge in [0.2, 0.25) is 0 Å². The van der Waals surface area contributed by atoms with E-state index in [2.05, 4.69) is 6.58 Å². The average Bonchev–Trinajstić information content (AvgIpc) is 2.67. The van der Waals surface area contributed by atoms with Crippen LogP contribution in [-0.4, -0.2) is 41.8 Å². The van der Waals surface area contributed by atoms with E-state index in [1.165, 1.54) is 11.0 Å². The highest BCUT2D eigenvalue weighted by Crippen LogP contribution is 2.20. The van der Waals surface area contributed by atoms with Crippen LogP contribution in [0.3, 0.4) is 0 Å². The van der Waals surface area contributed by atoms with Crippen molar-refractivity contribution in [1.82, 2.24) is 4.90 Å². The minimum atomic E-state index is -0.443. The number of carbonyl (C=O) groups excluding carboxylic acids is 2. The highest BCUT2D eigenvalue weighted by Gasteiger charge is 2.31. The number of carbonyl (C=O) groups is 2. The first-order valence-electron chi connectivity index (χ1n) is 4.95. The van der Waals surface area contributed by atoms with E-state index in [4.69, 9.17) is 16.3 Å². The maximum absolute atomic E-state index is 11.5. The second-order valence-corrected chi connectivity index (χ2v) is 3.68. The Morgan fingerprint density at radius 1 is 1.75 bits per heavy atom. The summed E-state index contributed by atoms with van der Waals surface area (Å²) in [6.07, 6.45) is 2.77. The van der Waals surface area contributed by atoms with Gasteiger partial charge in [-0.15, -0.1) is 11.6 Å². The molecule has 0 saturated carbocycles. The molecule has 1 aliphatic heterocycles. The van der Waals surface area contributed by atoms with Crippen molar-refractivity contribution in [3.05, 3.63) is 24.3 Å². The van der Waals surface area contributed by atoms with E-state index in [1.54, 1.807) is 13.0 Å². The Kier molecular flexibility index (Phi) is 4.55. The molecule has 0 saturated heterocycles. The maximum atomic E-state index is 11.5. The van der Waals surface area contributed by atoms with Crippen LogP contribution < -0.4 is 0 Å². The van der Waals surface area contributed by atoms with Crippen LogP contribution in [-0.2, 0) is 9.53 Å². The lowest BCUT2D eigenvalue weighted by Gasteiger charge is -2.22. The van der Waals surface area contributed by atoms with Crippen molar-refractivity contribution in [2.24, 2.45) is 0 Å². The Balaban J connectivity index is 2.60. The van der Waals surface area contributed by atoms with Crippen LogP contribution in [0.4, 0.5) is 4.79 Å². The lowest BCUT2D eigenvalue weighted by atomic mass is 10.1. The molecule has 4 nitrogen and oxygen atoms in total. The van der Waals surface area contributed by atoms with Crippen LogP contribution in [0.2, 0.25) is 0 Å². The van der Waals surface area contributed by atoms with E-state index in [0.29, 0.717) is 12.1 Å². The second kappa shape index (κ2) is 5.70. The molecule has 1 atom stereocenters. The molecule has 16 heavy (non-hydrogen) atoms. The van der Waals surface area contributed by atoms with Crippen molar-refractivity contribution in [1.29, 1.82) is 0 Å². The van der Waals surface area contributed by atoms with Crippen molar-refractivity contribution >= 4 is 23.5 Å². The van der Waals surface area contributed by atoms with Gasteiger partial charge >= 0.3 is 6.09 Å². The lowest BCUT2D eigenvalue weighted by molar-refractivity contribution is -0.113. The Bertz CT molecular complexity index is 338. The molecule has 0 fully saturated rings. The zero-order valence-corrected chi connectivity index (χ0v) is 9.87. The molecule has 5 heteroatoms. The summed E-state index contributed by atoms with van der Waals surface area (Å²) in [4.78, 5) is 24.4. The minimum Gasteiger partial charge on any atom is -0.445 e. The van der Waals surface area contributed by atoms with Gasteiger partial charge in [0.1, 0.15) is 6.61 Å². The summed E-state index contributed by atoms with van der Waals surface area (Å²) >= 11 is 5.47. The zero-order chi connectivity index (χ0) is 12.1. The Labute approximate surface area is 99.5 Å². The third-order valence-electron chi connectivity index (χ3n) is 2.43. The highest BCUT2D eigenvalue weighted by atomic mass is 35.5. The summed E-state index contributed by atoms with van der Waals surface area (Å²) < 4.78 is 4.90. The first kappa shape index (κ1) is 12.8. The highest BCUT2D eigenvalue weighted by molar-refractivity contribution is 6.30. The molecule has 0 aromatic carbocycles. The molecule has 1 rings (SSSR count). The fraction of sp³-hybridized carbons (Fsp3) is 0.455. The number of ketones is 1. The van der Waals surface area contributed by atoms with Crippen LogP contribution >= 0.6 is 11.6 Å². The fourth-order valence-electron chi connectivity index (χ4n) is 1.56. The van der Waals surface area contributed by atoms with E-state index in [1.807, 2.05) is 0 Å². The number of rotatable bonds is 4. The minimum absolute atomic E-state index is 0.0638. The predicted octanol–water partition coefficient (Wildman–Crippen LogP) is 1.75. The van der Waals surface area contributed by atoms with E-state index in [-0.39, 0.29) is 24.3 Å². The normalized spacial score (nSPS) is 19.2. The van der Waals surface area contributed by atoms with Crippen LogP contribution in [0.1, 0.15) is 6.92 Å². The predicted molar refractivity (Wildman–Crippen MR) is 61.5 cm³/mol. The van der Waals surface area contributed by atoms with E-state index in [9.17, 15) is 9.59 Å². The number of Topliss-reactive ketones (excluding diaryl/α,β-unsaturated/α-hetero) is 1. The van der Waals surface area contributed by atoms with Gasteiger partial charge in [-0.05, 0) is 6.92 Å². The molecular formula is C11H14ClNO3. The van der Waals surface area contributed by atoms with Crippen molar-refractivity contribution < 1.29 is 14.3 Å². The molecular weight excluding hydrogens is 230 g/mol. The largest absolute Gasteiger partial charge is 0.445 e. The fourth-order valence-corrected chi connectivity index (χ4v) is 1.72. The first-order chi connectivity index (χ1) is 7.61. The monoisotopic (exact) mass is 243 g/mol. The molecule has 1 aliphatic rings. The summed E-state index contributed by atoms with van der Waals surface area (Å²) in [5.74, 6) is -0.209. The van der Waals surface area contributed by atoms with Crippen molar-refractivity contribution in [3.8, 4) is 0 Å². The Morgan fingerprint density at radius 3 is 3.00 bits per heavy atom. The molecule has 0 radical (unpaired) electrons. The third-order valence-corrected chi connectivity index (χ3v) is 2.67. The molecule has 1 amide bonds. The van der Waals surface area contributed by atoms with Gasteiger partial charge in [0.25, 0.3) is 0 Å². The number of halogens is 1. The molecule has 0 bridgehead atoms. The number of alkyl halides is 1. The topological polar surface area (TPSA) is 46.6 Å². The zero-order valence-electron chi connectivity index (χ0n) is 9.11. The second-order valence-electron chi connectivity index (χ2n) is 3.41. The summed E-state index contributed by atoms with van der Waals surface area (Å²) in [7, 11) is 0. The number of ether oxygens (including phenoxy) is 1. The standard InChI is InChI=1S/C11H14ClNO3/c1-3-6-16-11(15)13-5-4-9(8(13)2)10(14)7-12/h3-4,8H,1,5-7H2,2H3/t8-/m0/s1. The molecule has 88 valence electrons. The van der Waals surface area contributed by atoms with Crippen molar-refractivity contribution in [2.45, 2.75) is 13.0 Å². The average molecular weight is 244 g/mol. The number of amides is 1. The smallest absolute Gasteiger partial charge is 0.410 e. The molecule has 0 N–H and O–H groups in total. The summed E-state index contributed by atoms with van der Waals surface area (Å²) in [6.45, 7) is 5.78. The van der Waals surface area contributed by atoms with Gasteiger partial charge in [0.15, 0.2) is 5.78 Å². The van der Waals surface area contributed by atoms with Crippen molar-refractivity contribution in [2.75, 3.05) is 19.0 Å². The molecule has 0 aromatic heterocycles. The molecule has 1 heterocycles. The molecule has 0 spiro atoms. The number of hydrogen-bond donors (Lipinski definition) is 0. The van der Waals surface area contributed by atoms with Crippen LogP contribution in [0.5, 0.6) is 0 Å². The quantitative estimate of drug-likeness (QED) is 0.558. The van der Waals surface area contributed by atoms with Gasteiger partial charge in [-0.3, -0.25) is 9.69 Å². The third kappa shape index (κ3) is 2.64. The summed E-state index contributed by atoms with van der Waals surface area (Å²) in [5, 5.41) is 0. The Morgan fingerprint density at radius 2 is 2.44 bits per heavy atom. The number of hydrogen-bond acceptors (Lipinski definition) is 3. The van der Waals surface area contributed by atoms with E-state index < -0.39 is 6.09 Å². The summed E-state index contributed by atoms with van der Waals surface area (Å²) in [5.41, 5.74) is 0.575. The van der Waals surface area contributed by atoms with Crippen molar-refractivity contribution in [3.63, 3.8) is 0 Å². The number of nitrogens with zero attached hydrogens (tertiary/aromatic N) is 1. The lowest BCUT2D eigenvalue weighted by Crippen LogP contribution is -2.37. The van der Waals surface area contributed by atoms with Gasteiger partial charge in [0.05, 0.1) is 11.9 Å². The van der Waals surface area contributed by atoms with Crippen LogP contribution in [0.15, 0.2) is 24.3 Å². The van der Waals surface area contributed by atoms with Crippen LogP contribution in [0, 0.1) is 0 Å². The van der Waals surface area contributed by atoms with Gasteiger partial charge < -0.3 is 4.74 Å². The van der Waals surface area contributed by atoms with Gasteiger partial charge in [-0.2, -0.15) is 0 Å². The van der Waals surface area contributed by atoms with E-state index >= 15 is 0 Å². The first-order valence-corrected chi connectivity index (χ1v) is 5.48. The van der Waals surface area contributed by atoms with Gasteiger partial charge in [-0.1, -0.05) is 18.7 Å². The molecule has 0 unspecified atom stereocenters. The van der Waals surface area contributed by atoms with E-state index in [0.717, 1.165) is 0 Å². The Hall–Kier alpha value is -1.29. The molecule has 0 aliphatic carbocycles. The van der Waals surface area contributed by atoms with Crippen LogP contribution in [0.25, 0.3) is 0 Å². The van der Waals surface area contributed by atoms with Gasteiger partial charge in [-0.25, -0.2) is 4.79 Å². The molecule has 0 aromatic rings. The maximum Gasteiger partial charge on any atom is 0.410 e.